The van der Waals surface area contributed by atoms with Gasteiger partial charge in [0.25, 0.3) is 11.6 Å². The van der Waals surface area contributed by atoms with Crippen molar-refractivity contribution in [2.45, 2.75) is 19.9 Å². The Morgan fingerprint density at radius 3 is 2.67 bits per heavy atom. The maximum Gasteiger partial charge on any atom is 0.270 e. The van der Waals surface area contributed by atoms with Gasteiger partial charge < -0.3 is 5.32 Å². The van der Waals surface area contributed by atoms with Crippen LogP contribution in [0, 0.1) is 10.1 Å². The molecule has 1 N–H and O–H groups in total. The van der Waals surface area contributed by atoms with E-state index in [2.05, 4.69) is 35.5 Å². The Balaban J connectivity index is 2.10. The van der Waals surface area contributed by atoms with Crippen molar-refractivity contribution in [3.05, 3.63) is 62.3 Å². The van der Waals surface area contributed by atoms with Crippen molar-refractivity contribution in [3.63, 3.8) is 0 Å². The van der Waals surface area contributed by atoms with Gasteiger partial charge in [-0.2, -0.15) is 11.3 Å². The standard InChI is InChI=1S/C17H21N3O3S/c1-3-19(4-2)16(14-8-9-24-12-14)11-18-17(21)13-6-5-7-15(10-13)20(22)23/h5-10,12,16H,3-4,11H2,1-2H3,(H,18,21)/t16-/m0/s1. The average Bonchev–Trinajstić information content (AvgIpc) is 3.12. The largest absolute Gasteiger partial charge is 0.350 e. The lowest BCUT2D eigenvalue weighted by atomic mass is 10.1. The molecule has 24 heavy (non-hydrogen) atoms. The van der Waals surface area contributed by atoms with Gasteiger partial charge in [-0.05, 0) is 41.5 Å². The predicted molar refractivity (Wildman–Crippen MR) is 95.4 cm³/mol. The lowest BCUT2D eigenvalue weighted by Crippen LogP contribution is -2.37. The molecule has 1 atom stereocenters. The number of amides is 1. The molecule has 0 saturated carbocycles. The molecular formula is C17H21N3O3S. The van der Waals surface area contributed by atoms with E-state index in [-0.39, 0.29) is 17.6 Å². The van der Waals surface area contributed by atoms with Crippen molar-refractivity contribution < 1.29 is 9.72 Å². The predicted octanol–water partition coefficient (Wildman–Crippen LogP) is 3.47. The summed E-state index contributed by atoms with van der Waals surface area (Å²) in [6, 6.07) is 7.93. The number of likely N-dealkylation sites (N-methyl/N-ethyl adjacent to an activating group) is 1. The zero-order chi connectivity index (χ0) is 17.5. The van der Waals surface area contributed by atoms with Gasteiger partial charge in [-0.25, -0.2) is 0 Å². The number of hydrogen-bond acceptors (Lipinski definition) is 5. The number of nitro groups is 1. The Labute approximate surface area is 145 Å². The molecule has 1 amide bonds. The molecule has 0 aliphatic rings. The number of benzene rings is 1. The van der Waals surface area contributed by atoms with Crippen molar-refractivity contribution in [2.24, 2.45) is 0 Å². The molecule has 1 aromatic carbocycles. The van der Waals surface area contributed by atoms with Gasteiger partial charge in [0, 0.05) is 24.2 Å². The van der Waals surface area contributed by atoms with Gasteiger partial charge in [0.1, 0.15) is 0 Å². The number of thiophene rings is 1. The minimum Gasteiger partial charge on any atom is -0.350 e. The molecule has 0 aliphatic carbocycles. The van der Waals surface area contributed by atoms with E-state index >= 15 is 0 Å². The van der Waals surface area contributed by atoms with Gasteiger partial charge in [-0.1, -0.05) is 19.9 Å². The molecule has 7 heteroatoms. The molecule has 2 rings (SSSR count). The van der Waals surface area contributed by atoms with Crippen LogP contribution in [-0.2, 0) is 0 Å². The summed E-state index contributed by atoms with van der Waals surface area (Å²) in [5, 5.41) is 17.8. The quantitative estimate of drug-likeness (QED) is 0.586. The van der Waals surface area contributed by atoms with Crippen LogP contribution in [0.4, 0.5) is 5.69 Å². The van der Waals surface area contributed by atoms with Crippen molar-refractivity contribution >= 4 is 22.9 Å². The van der Waals surface area contributed by atoms with Gasteiger partial charge in [-0.15, -0.1) is 0 Å². The second kappa shape index (κ2) is 8.56. The summed E-state index contributed by atoms with van der Waals surface area (Å²) in [4.78, 5) is 25.0. The SMILES string of the molecule is CCN(CC)[C@@H](CNC(=O)c1cccc([N+](=O)[O-])c1)c1ccsc1. The maximum atomic E-state index is 12.3. The number of hydrogen-bond donors (Lipinski definition) is 1. The van der Waals surface area contributed by atoms with E-state index in [9.17, 15) is 14.9 Å². The fourth-order valence-corrected chi connectivity index (χ4v) is 3.35. The lowest BCUT2D eigenvalue weighted by molar-refractivity contribution is -0.384. The average molecular weight is 347 g/mol. The minimum absolute atomic E-state index is 0.0826. The van der Waals surface area contributed by atoms with E-state index in [0.717, 1.165) is 13.1 Å². The minimum atomic E-state index is -0.499. The van der Waals surface area contributed by atoms with Gasteiger partial charge >= 0.3 is 0 Å². The Bertz CT molecular complexity index is 684. The molecule has 2 aromatic rings. The zero-order valence-electron chi connectivity index (χ0n) is 13.8. The number of non-ortho nitro benzene ring substituents is 1. The molecule has 6 nitrogen and oxygen atoms in total. The van der Waals surface area contributed by atoms with Crippen LogP contribution in [0.5, 0.6) is 0 Å². The molecule has 0 radical (unpaired) electrons. The number of carbonyl (C=O) groups excluding carboxylic acids is 1. The fraction of sp³-hybridized carbons (Fsp3) is 0.353. The summed E-state index contributed by atoms with van der Waals surface area (Å²) in [7, 11) is 0. The Hall–Kier alpha value is -2.25. The van der Waals surface area contributed by atoms with Crippen molar-refractivity contribution in [1.82, 2.24) is 10.2 Å². The summed E-state index contributed by atoms with van der Waals surface area (Å²) >= 11 is 1.63. The van der Waals surface area contributed by atoms with E-state index in [0.29, 0.717) is 12.1 Å². The fourth-order valence-electron chi connectivity index (χ4n) is 2.64. The highest BCUT2D eigenvalue weighted by atomic mass is 32.1. The smallest absolute Gasteiger partial charge is 0.270 e. The van der Waals surface area contributed by atoms with Gasteiger partial charge in [-0.3, -0.25) is 19.8 Å². The molecule has 0 spiro atoms. The molecule has 0 fully saturated rings. The number of nitro benzene ring substituents is 1. The van der Waals surface area contributed by atoms with Crippen LogP contribution in [0.2, 0.25) is 0 Å². The van der Waals surface area contributed by atoms with Gasteiger partial charge in [0.15, 0.2) is 0 Å². The monoisotopic (exact) mass is 347 g/mol. The number of nitrogens with one attached hydrogen (secondary N) is 1. The van der Waals surface area contributed by atoms with Crippen LogP contribution in [0.3, 0.4) is 0 Å². The first-order chi connectivity index (χ1) is 11.6. The maximum absolute atomic E-state index is 12.3. The molecule has 128 valence electrons. The second-order valence-corrected chi connectivity index (χ2v) is 6.09. The van der Waals surface area contributed by atoms with Crippen molar-refractivity contribution in [1.29, 1.82) is 0 Å². The zero-order valence-corrected chi connectivity index (χ0v) is 14.6. The van der Waals surface area contributed by atoms with E-state index in [1.165, 1.54) is 23.8 Å². The summed E-state index contributed by atoms with van der Waals surface area (Å²) in [6.45, 7) is 6.39. The molecule has 0 saturated heterocycles. The summed E-state index contributed by atoms with van der Waals surface area (Å²) < 4.78 is 0. The second-order valence-electron chi connectivity index (χ2n) is 5.31. The Kier molecular flexibility index (Phi) is 6.45. The first-order valence-corrected chi connectivity index (χ1v) is 8.79. The van der Waals surface area contributed by atoms with Crippen molar-refractivity contribution in [2.75, 3.05) is 19.6 Å². The van der Waals surface area contributed by atoms with E-state index in [4.69, 9.17) is 0 Å². The Morgan fingerprint density at radius 1 is 1.33 bits per heavy atom. The highest BCUT2D eigenvalue weighted by Gasteiger charge is 2.20. The molecule has 1 heterocycles. The van der Waals surface area contributed by atoms with Crippen molar-refractivity contribution in [3.8, 4) is 0 Å². The number of rotatable bonds is 8. The molecular weight excluding hydrogens is 326 g/mol. The summed E-state index contributed by atoms with van der Waals surface area (Å²) in [5.74, 6) is -0.300. The third-order valence-electron chi connectivity index (χ3n) is 3.96. The highest BCUT2D eigenvalue weighted by molar-refractivity contribution is 7.07. The van der Waals surface area contributed by atoms with Crippen LogP contribution in [0.15, 0.2) is 41.1 Å². The normalized spacial score (nSPS) is 12.1. The van der Waals surface area contributed by atoms with E-state index in [1.54, 1.807) is 17.4 Å². The van der Waals surface area contributed by atoms with Crippen LogP contribution in [-0.4, -0.2) is 35.4 Å². The molecule has 1 aromatic heterocycles. The molecule has 0 bridgehead atoms. The first-order valence-electron chi connectivity index (χ1n) is 7.85. The molecule has 0 unspecified atom stereocenters. The number of carbonyl (C=O) groups is 1. The Morgan fingerprint density at radius 2 is 2.08 bits per heavy atom. The van der Waals surface area contributed by atoms with Crippen LogP contribution in [0.1, 0.15) is 35.8 Å². The highest BCUT2D eigenvalue weighted by Crippen LogP contribution is 2.22. The van der Waals surface area contributed by atoms with E-state index in [1.807, 2.05) is 5.38 Å². The number of nitrogens with zero attached hydrogens (tertiary/aromatic N) is 2. The van der Waals surface area contributed by atoms with Gasteiger partial charge in [0.05, 0.1) is 11.0 Å². The van der Waals surface area contributed by atoms with Crippen LogP contribution in [0.25, 0.3) is 0 Å². The first kappa shape index (κ1) is 18.1. The third kappa shape index (κ3) is 4.39. The van der Waals surface area contributed by atoms with E-state index < -0.39 is 4.92 Å². The van der Waals surface area contributed by atoms with Gasteiger partial charge in [0.2, 0.25) is 0 Å². The molecule has 0 aliphatic heterocycles. The topological polar surface area (TPSA) is 75.5 Å². The summed E-state index contributed by atoms with van der Waals surface area (Å²) in [6.07, 6.45) is 0. The summed E-state index contributed by atoms with van der Waals surface area (Å²) in [5.41, 5.74) is 1.39. The third-order valence-corrected chi connectivity index (χ3v) is 4.66. The lowest BCUT2D eigenvalue weighted by Gasteiger charge is -2.29. The van der Waals surface area contributed by atoms with Crippen LogP contribution < -0.4 is 5.32 Å². The van der Waals surface area contributed by atoms with Crippen LogP contribution >= 0.6 is 11.3 Å².